The van der Waals surface area contributed by atoms with Gasteiger partial charge >= 0.3 is 0 Å². The Balaban J connectivity index is 1.48. The van der Waals surface area contributed by atoms with Gasteiger partial charge in [0.05, 0.1) is 19.3 Å². The molecule has 33 heavy (non-hydrogen) atoms. The Hall–Kier alpha value is -3.69. The lowest BCUT2D eigenvalue weighted by Gasteiger charge is -2.13. The van der Waals surface area contributed by atoms with Crippen LogP contribution in [-0.2, 0) is 19.4 Å². The number of aliphatic hydroxyl groups is 1. The van der Waals surface area contributed by atoms with E-state index in [9.17, 15) is 4.79 Å². The molecule has 1 aromatic carbocycles. The van der Waals surface area contributed by atoms with E-state index >= 15 is 0 Å². The van der Waals surface area contributed by atoms with E-state index in [1.165, 1.54) is 11.3 Å². The molecule has 0 atom stereocenters. The van der Waals surface area contributed by atoms with Gasteiger partial charge in [0.1, 0.15) is 10.8 Å². The Labute approximate surface area is 195 Å². The highest BCUT2D eigenvalue weighted by Crippen LogP contribution is 2.33. The summed E-state index contributed by atoms with van der Waals surface area (Å²) >= 11 is 1.33. The van der Waals surface area contributed by atoms with E-state index < -0.39 is 0 Å². The highest BCUT2D eigenvalue weighted by atomic mass is 32.1. The van der Waals surface area contributed by atoms with Crippen molar-refractivity contribution in [2.75, 3.05) is 12.4 Å². The van der Waals surface area contributed by atoms with Crippen molar-refractivity contribution in [2.24, 2.45) is 0 Å². The number of ether oxygens (including phenoxy) is 1. The number of pyridine rings is 2. The van der Waals surface area contributed by atoms with Gasteiger partial charge in [-0.15, -0.1) is 10.2 Å². The number of carbonyl (C=O) groups excluding carboxylic acids is 1. The molecule has 0 aliphatic rings. The normalized spacial score (nSPS) is 10.8. The van der Waals surface area contributed by atoms with Crippen molar-refractivity contribution in [3.05, 3.63) is 82.4 Å². The number of hydrogen-bond acceptors (Lipinski definition) is 8. The van der Waals surface area contributed by atoms with E-state index in [2.05, 4.69) is 25.5 Å². The Morgan fingerprint density at radius 2 is 1.91 bits per heavy atom. The van der Waals surface area contributed by atoms with Crippen molar-refractivity contribution in [3.8, 4) is 16.9 Å². The molecule has 4 aromatic rings. The van der Waals surface area contributed by atoms with Crippen molar-refractivity contribution < 1.29 is 14.6 Å². The predicted molar refractivity (Wildman–Crippen MR) is 126 cm³/mol. The molecule has 168 valence electrons. The van der Waals surface area contributed by atoms with Crippen molar-refractivity contribution >= 4 is 22.4 Å². The number of aromatic nitrogens is 4. The fourth-order valence-corrected chi connectivity index (χ4v) is 4.07. The Morgan fingerprint density at radius 1 is 1.06 bits per heavy atom. The van der Waals surface area contributed by atoms with Crippen LogP contribution in [0.3, 0.4) is 0 Å². The average Bonchev–Trinajstić information content (AvgIpc) is 3.30. The average molecular weight is 462 g/mol. The quantitative estimate of drug-likeness (QED) is 0.410. The fourth-order valence-electron chi connectivity index (χ4n) is 3.33. The first-order chi connectivity index (χ1) is 16.1. The zero-order valence-electron chi connectivity index (χ0n) is 18.3. The number of nitrogens with zero attached hydrogens (tertiary/aromatic N) is 4. The summed E-state index contributed by atoms with van der Waals surface area (Å²) in [6, 6.07) is 13.2. The monoisotopic (exact) mass is 461 g/mol. The van der Waals surface area contributed by atoms with Crippen LogP contribution in [0.15, 0.2) is 54.9 Å². The lowest BCUT2D eigenvalue weighted by Crippen LogP contribution is -2.14. The van der Waals surface area contributed by atoms with Gasteiger partial charge < -0.3 is 9.84 Å². The van der Waals surface area contributed by atoms with Crippen molar-refractivity contribution in [1.29, 1.82) is 0 Å². The van der Waals surface area contributed by atoms with E-state index in [0.717, 1.165) is 33.1 Å². The molecule has 0 spiro atoms. The highest BCUT2D eigenvalue weighted by Gasteiger charge is 2.18. The molecular weight excluding hydrogens is 438 g/mol. The number of carbonyl (C=O) groups is 1. The minimum Gasteiger partial charge on any atom is -0.496 e. The van der Waals surface area contributed by atoms with Crippen LogP contribution >= 0.6 is 11.3 Å². The van der Waals surface area contributed by atoms with Gasteiger partial charge in [0, 0.05) is 41.3 Å². The second kappa shape index (κ2) is 10.3. The zero-order valence-corrected chi connectivity index (χ0v) is 19.1. The van der Waals surface area contributed by atoms with Gasteiger partial charge in [-0.3, -0.25) is 20.1 Å². The molecule has 4 rings (SSSR count). The molecule has 0 radical (unpaired) electrons. The third-order valence-corrected chi connectivity index (χ3v) is 5.93. The summed E-state index contributed by atoms with van der Waals surface area (Å²) in [5.74, 6) is 0.364. The second-order valence-corrected chi connectivity index (χ2v) is 8.40. The van der Waals surface area contributed by atoms with E-state index in [1.807, 2.05) is 49.4 Å². The van der Waals surface area contributed by atoms with E-state index in [0.29, 0.717) is 29.3 Å². The molecular formula is C24H23N5O3S. The SMILES string of the molecule is COc1ccccc1-c1cc(C)ncc1C(=O)Nc1nnc(CCc2ccc(CO)cn2)s1. The zero-order chi connectivity index (χ0) is 23.2. The molecule has 2 N–H and O–H groups in total. The van der Waals surface area contributed by atoms with Gasteiger partial charge in [0.25, 0.3) is 5.91 Å². The second-order valence-electron chi connectivity index (χ2n) is 7.34. The van der Waals surface area contributed by atoms with E-state index in [1.54, 1.807) is 19.5 Å². The van der Waals surface area contributed by atoms with Crippen molar-refractivity contribution in [3.63, 3.8) is 0 Å². The summed E-state index contributed by atoms with van der Waals surface area (Å²) in [5, 5.41) is 21.5. The summed E-state index contributed by atoms with van der Waals surface area (Å²) in [7, 11) is 1.60. The van der Waals surface area contributed by atoms with Crippen LogP contribution < -0.4 is 10.1 Å². The fraction of sp³-hybridized carbons (Fsp3) is 0.208. The summed E-state index contributed by atoms with van der Waals surface area (Å²) < 4.78 is 5.48. The lowest BCUT2D eigenvalue weighted by atomic mass is 9.99. The first-order valence-electron chi connectivity index (χ1n) is 10.4. The van der Waals surface area contributed by atoms with Gasteiger partial charge in [-0.2, -0.15) is 0 Å². The van der Waals surface area contributed by atoms with Crippen LogP contribution in [-0.4, -0.2) is 38.3 Å². The maximum absolute atomic E-state index is 13.1. The number of amides is 1. The molecule has 0 aliphatic heterocycles. The smallest absolute Gasteiger partial charge is 0.259 e. The van der Waals surface area contributed by atoms with Crippen LogP contribution in [0, 0.1) is 6.92 Å². The number of para-hydroxylation sites is 1. The molecule has 0 saturated carbocycles. The number of benzene rings is 1. The molecule has 0 aliphatic carbocycles. The number of aryl methyl sites for hydroxylation is 3. The standard InChI is InChI=1S/C24H23N5O3S/c1-15-11-19(18-5-3-4-6-21(18)32-2)20(13-25-15)23(31)27-24-29-28-22(33-24)10-9-17-8-7-16(14-30)12-26-17/h3-8,11-13,30H,9-10,14H2,1-2H3,(H,27,29,31). The number of rotatable bonds is 8. The van der Waals surface area contributed by atoms with Crippen LogP contribution in [0.4, 0.5) is 5.13 Å². The van der Waals surface area contributed by atoms with Gasteiger partial charge in [-0.25, -0.2) is 0 Å². The van der Waals surface area contributed by atoms with E-state index in [-0.39, 0.29) is 12.5 Å². The molecule has 3 aromatic heterocycles. The predicted octanol–water partition coefficient (Wildman–Crippen LogP) is 3.84. The van der Waals surface area contributed by atoms with Crippen molar-refractivity contribution in [2.45, 2.75) is 26.4 Å². The largest absolute Gasteiger partial charge is 0.496 e. The third kappa shape index (κ3) is 5.39. The lowest BCUT2D eigenvalue weighted by molar-refractivity contribution is 0.102. The molecule has 0 saturated heterocycles. The highest BCUT2D eigenvalue weighted by molar-refractivity contribution is 7.15. The Bertz CT molecular complexity index is 1260. The minimum absolute atomic E-state index is 0.0258. The maximum Gasteiger partial charge on any atom is 0.259 e. The number of anilines is 1. The molecule has 0 bridgehead atoms. The Kier molecular flexibility index (Phi) is 7.01. The van der Waals surface area contributed by atoms with E-state index in [4.69, 9.17) is 9.84 Å². The molecule has 8 nitrogen and oxygen atoms in total. The first-order valence-corrected chi connectivity index (χ1v) is 11.2. The van der Waals surface area contributed by atoms with Crippen LogP contribution in [0.5, 0.6) is 5.75 Å². The van der Waals surface area contributed by atoms with Crippen molar-refractivity contribution in [1.82, 2.24) is 20.2 Å². The maximum atomic E-state index is 13.1. The minimum atomic E-state index is -0.313. The topological polar surface area (TPSA) is 110 Å². The number of methoxy groups -OCH3 is 1. The number of nitrogens with one attached hydrogen (secondary N) is 1. The summed E-state index contributed by atoms with van der Waals surface area (Å²) in [4.78, 5) is 21.7. The van der Waals surface area contributed by atoms with Crippen LogP contribution in [0.1, 0.15) is 32.3 Å². The number of aliphatic hydroxyl groups excluding tert-OH is 1. The Morgan fingerprint density at radius 3 is 2.67 bits per heavy atom. The van der Waals surface area contributed by atoms with Gasteiger partial charge in [-0.1, -0.05) is 35.6 Å². The van der Waals surface area contributed by atoms with Crippen LogP contribution in [0.2, 0.25) is 0 Å². The summed E-state index contributed by atoms with van der Waals surface area (Å²) in [5.41, 5.74) is 4.45. The first kappa shape index (κ1) is 22.5. The molecule has 9 heteroatoms. The van der Waals surface area contributed by atoms with Gasteiger partial charge in [0.2, 0.25) is 5.13 Å². The van der Waals surface area contributed by atoms with Gasteiger partial charge in [0.15, 0.2) is 0 Å². The molecule has 0 unspecified atom stereocenters. The molecule has 0 fully saturated rings. The van der Waals surface area contributed by atoms with Gasteiger partial charge in [-0.05, 0) is 37.1 Å². The van der Waals surface area contributed by atoms with Crippen LogP contribution in [0.25, 0.3) is 11.1 Å². The molecule has 3 heterocycles. The summed E-state index contributed by atoms with van der Waals surface area (Å²) in [6.45, 7) is 1.85. The summed E-state index contributed by atoms with van der Waals surface area (Å²) in [6.07, 6.45) is 4.57. The third-order valence-electron chi connectivity index (χ3n) is 5.03. The number of hydrogen-bond donors (Lipinski definition) is 2. The molecule has 1 amide bonds.